The Balaban J connectivity index is 1.95. The highest BCUT2D eigenvalue weighted by Crippen LogP contribution is 2.26. The van der Waals surface area contributed by atoms with Gasteiger partial charge >= 0.3 is 0 Å². The average molecular weight is 237 g/mol. The third-order valence-corrected chi connectivity index (χ3v) is 4.25. The number of piperidine rings is 1. The molecule has 3 heteroatoms. The Labute approximate surface area is 104 Å². The number of hydrogen-bond donors (Lipinski definition) is 0. The van der Waals surface area contributed by atoms with E-state index in [0.717, 1.165) is 45.1 Å². The number of rotatable bonds is 2. The van der Waals surface area contributed by atoms with Crippen molar-refractivity contribution in [3.63, 3.8) is 0 Å². The largest absolute Gasteiger partial charge is 0.333 e. The first kappa shape index (κ1) is 12.6. The monoisotopic (exact) mass is 237 g/mol. The molecule has 0 bridgehead atoms. The van der Waals surface area contributed by atoms with E-state index >= 15 is 0 Å². The van der Waals surface area contributed by atoms with Crippen molar-refractivity contribution in [2.75, 3.05) is 6.54 Å². The quantitative estimate of drug-likeness (QED) is 0.692. The van der Waals surface area contributed by atoms with E-state index in [1.807, 2.05) is 0 Å². The Kier molecular flexibility index (Phi) is 4.19. The standard InChI is InChI=1S/C14H23NO2/c1-11-7-5-6-10-15(11)14(17)13(16)12-8-3-2-4-9-12/h11-12H,2-10H2,1H3. The Morgan fingerprint density at radius 3 is 2.24 bits per heavy atom. The highest BCUT2D eigenvalue weighted by molar-refractivity contribution is 6.36. The molecule has 0 spiro atoms. The fourth-order valence-corrected chi connectivity index (χ4v) is 3.08. The lowest BCUT2D eigenvalue weighted by Gasteiger charge is -2.34. The molecule has 1 heterocycles. The van der Waals surface area contributed by atoms with Crippen LogP contribution in [-0.2, 0) is 9.59 Å². The second kappa shape index (κ2) is 5.65. The molecule has 1 saturated heterocycles. The second-order valence-corrected chi connectivity index (χ2v) is 5.54. The molecule has 0 aromatic heterocycles. The first-order valence-electron chi connectivity index (χ1n) is 7.05. The fraction of sp³-hybridized carbons (Fsp3) is 0.857. The van der Waals surface area contributed by atoms with E-state index in [0.29, 0.717) is 0 Å². The van der Waals surface area contributed by atoms with Gasteiger partial charge in [-0.25, -0.2) is 0 Å². The molecule has 1 aliphatic heterocycles. The van der Waals surface area contributed by atoms with E-state index in [1.54, 1.807) is 4.90 Å². The third kappa shape index (κ3) is 2.88. The zero-order valence-electron chi connectivity index (χ0n) is 10.8. The van der Waals surface area contributed by atoms with Crippen LogP contribution in [0.15, 0.2) is 0 Å². The summed E-state index contributed by atoms with van der Waals surface area (Å²) in [6.07, 6.45) is 8.57. The van der Waals surface area contributed by atoms with Crippen LogP contribution >= 0.6 is 0 Å². The van der Waals surface area contributed by atoms with Crippen LogP contribution in [0.4, 0.5) is 0 Å². The SMILES string of the molecule is CC1CCCCN1C(=O)C(=O)C1CCCCC1. The highest BCUT2D eigenvalue weighted by atomic mass is 16.2. The van der Waals surface area contributed by atoms with Crippen LogP contribution in [0.2, 0.25) is 0 Å². The summed E-state index contributed by atoms with van der Waals surface area (Å²) in [4.78, 5) is 26.1. The van der Waals surface area contributed by atoms with Gasteiger partial charge in [-0.05, 0) is 39.0 Å². The Morgan fingerprint density at radius 1 is 0.941 bits per heavy atom. The second-order valence-electron chi connectivity index (χ2n) is 5.54. The van der Waals surface area contributed by atoms with Crippen LogP contribution in [0.25, 0.3) is 0 Å². The molecule has 1 amide bonds. The van der Waals surface area contributed by atoms with Crippen molar-refractivity contribution < 1.29 is 9.59 Å². The molecule has 1 unspecified atom stereocenters. The van der Waals surface area contributed by atoms with Crippen LogP contribution in [0.3, 0.4) is 0 Å². The Hall–Kier alpha value is -0.860. The van der Waals surface area contributed by atoms with E-state index < -0.39 is 0 Å². The summed E-state index contributed by atoms with van der Waals surface area (Å²) in [6.45, 7) is 2.84. The Morgan fingerprint density at radius 2 is 1.59 bits per heavy atom. The van der Waals surface area contributed by atoms with Crippen LogP contribution in [-0.4, -0.2) is 29.2 Å². The first-order chi connectivity index (χ1) is 8.20. The molecule has 1 aliphatic carbocycles. The zero-order valence-corrected chi connectivity index (χ0v) is 10.8. The summed E-state index contributed by atoms with van der Waals surface area (Å²) >= 11 is 0. The molecular formula is C14H23NO2. The molecule has 1 atom stereocenters. The summed E-state index contributed by atoms with van der Waals surface area (Å²) in [7, 11) is 0. The number of ketones is 1. The number of nitrogens with zero attached hydrogens (tertiary/aromatic N) is 1. The first-order valence-corrected chi connectivity index (χ1v) is 7.05. The van der Waals surface area contributed by atoms with Gasteiger partial charge in [0.1, 0.15) is 0 Å². The van der Waals surface area contributed by atoms with E-state index in [9.17, 15) is 9.59 Å². The maximum Gasteiger partial charge on any atom is 0.290 e. The molecule has 0 aromatic rings. The molecule has 2 fully saturated rings. The summed E-state index contributed by atoms with van der Waals surface area (Å²) in [5.74, 6) is -0.298. The van der Waals surface area contributed by atoms with Crippen molar-refractivity contribution in [3.05, 3.63) is 0 Å². The van der Waals surface area contributed by atoms with Crippen molar-refractivity contribution in [1.29, 1.82) is 0 Å². The fourth-order valence-electron chi connectivity index (χ4n) is 3.08. The van der Waals surface area contributed by atoms with E-state index in [4.69, 9.17) is 0 Å². The minimum Gasteiger partial charge on any atom is -0.333 e. The molecule has 3 nitrogen and oxygen atoms in total. The molecule has 0 aromatic carbocycles. The van der Waals surface area contributed by atoms with Crippen LogP contribution in [0, 0.1) is 5.92 Å². The molecule has 0 radical (unpaired) electrons. The summed E-state index contributed by atoms with van der Waals surface area (Å²) in [6, 6.07) is 0.254. The van der Waals surface area contributed by atoms with E-state index in [2.05, 4.69) is 6.92 Å². The number of carbonyl (C=O) groups excluding carboxylic acids is 2. The predicted molar refractivity (Wildman–Crippen MR) is 66.6 cm³/mol. The predicted octanol–water partition coefficient (Wildman–Crippen LogP) is 2.54. The third-order valence-electron chi connectivity index (χ3n) is 4.25. The average Bonchev–Trinajstić information content (AvgIpc) is 2.39. The van der Waals surface area contributed by atoms with Gasteiger partial charge in [-0.2, -0.15) is 0 Å². The van der Waals surface area contributed by atoms with E-state index in [1.165, 1.54) is 12.8 Å². The summed E-state index contributed by atoms with van der Waals surface area (Å²) in [5.41, 5.74) is 0. The lowest BCUT2D eigenvalue weighted by Crippen LogP contribution is -2.47. The minimum absolute atomic E-state index is 0.0189. The molecule has 96 valence electrons. The molecule has 2 aliphatic rings. The Bertz CT molecular complexity index is 295. The lowest BCUT2D eigenvalue weighted by molar-refractivity contribution is -0.149. The van der Waals surface area contributed by atoms with Crippen LogP contribution < -0.4 is 0 Å². The van der Waals surface area contributed by atoms with Gasteiger partial charge in [-0.1, -0.05) is 19.3 Å². The van der Waals surface area contributed by atoms with Crippen LogP contribution in [0.1, 0.15) is 58.3 Å². The molecular weight excluding hydrogens is 214 g/mol. The number of likely N-dealkylation sites (tertiary alicyclic amines) is 1. The van der Waals surface area contributed by atoms with Gasteiger partial charge in [-0.15, -0.1) is 0 Å². The summed E-state index contributed by atoms with van der Waals surface area (Å²) < 4.78 is 0. The van der Waals surface area contributed by atoms with Gasteiger partial charge < -0.3 is 4.90 Å². The van der Waals surface area contributed by atoms with Crippen molar-refractivity contribution >= 4 is 11.7 Å². The van der Waals surface area contributed by atoms with Crippen molar-refractivity contribution in [1.82, 2.24) is 4.90 Å². The van der Waals surface area contributed by atoms with Gasteiger partial charge in [0.05, 0.1) is 0 Å². The van der Waals surface area contributed by atoms with Gasteiger partial charge in [0.2, 0.25) is 5.78 Å². The maximum absolute atomic E-state index is 12.2. The normalized spacial score (nSPS) is 26.9. The van der Waals surface area contributed by atoms with Crippen molar-refractivity contribution in [2.24, 2.45) is 5.92 Å². The zero-order chi connectivity index (χ0) is 12.3. The molecule has 0 N–H and O–H groups in total. The van der Waals surface area contributed by atoms with Crippen molar-refractivity contribution in [3.8, 4) is 0 Å². The lowest BCUT2D eigenvalue weighted by atomic mass is 9.85. The van der Waals surface area contributed by atoms with Gasteiger partial charge in [-0.3, -0.25) is 9.59 Å². The van der Waals surface area contributed by atoms with Crippen molar-refractivity contribution in [2.45, 2.75) is 64.3 Å². The molecule has 2 rings (SSSR count). The molecule has 1 saturated carbocycles. The summed E-state index contributed by atoms with van der Waals surface area (Å²) in [5, 5.41) is 0. The van der Waals surface area contributed by atoms with Gasteiger partial charge in [0.25, 0.3) is 5.91 Å². The maximum atomic E-state index is 12.2. The topological polar surface area (TPSA) is 37.4 Å². The minimum atomic E-state index is -0.205. The number of amides is 1. The highest BCUT2D eigenvalue weighted by Gasteiger charge is 2.33. The van der Waals surface area contributed by atoms with Gasteiger partial charge in [0.15, 0.2) is 0 Å². The van der Waals surface area contributed by atoms with E-state index in [-0.39, 0.29) is 23.7 Å². The number of Topliss-reactive ketones (excluding diaryl/α,β-unsaturated/α-hetero) is 1. The smallest absolute Gasteiger partial charge is 0.290 e. The van der Waals surface area contributed by atoms with Gasteiger partial charge in [0, 0.05) is 18.5 Å². The number of carbonyl (C=O) groups is 2. The molecule has 17 heavy (non-hydrogen) atoms. The number of hydrogen-bond acceptors (Lipinski definition) is 2. The van der Waals surface area contributed by atoms with Crippen LogP contribution in [0.5, 0.6) is 0 Å².